The lowest BCUT2D eigenvalue weighted by Gasteiger charge is -2.41. The van der Waals surface area contributed by atoms with Gasteiger partial charge in [-0.3, -0.25) is 9.59 Å². The van der Waals surface area contributed by atoms with E-state index in [2.05, 4.69) is 5.32 Å². The maximum absolute atomic E-state index is 12.4. The van der Waals surface area contributed by atoms with Crippen LogP contribution in [0.15, 0.2) is 0 Å². The summed E-state index contributed by atoms with van der Waals surface area (Å²) in [7, 11) is 0. The molecule has 0 aliphatic carbocycles. The molecule has 1 N–H and O–H groups in total. The van der Waals surface area contributed by atoms with Gasteiger partial charge in [-0.2, -0.15) is 0 Å². The Morgan fingerprint density at radius 2 is 1.94 bits per heavy atom. The quantitative estimate of drug-likeness (QED) is 0.769. The zero-order valence-corrected chi connectivity index (χ0v) is 11.8. The third-order valence-electron chi connectivity index (χ3n) is 3.43. The number of carbonyl (C=O) groups is 2. The number of nitrogens with zero attached hydrogens (tertiary/aromatic N) is 1. The molecule has 0 unspecified atom stereocenters. The summed E-state index contributed by atoms with van der Waals surface area (Å²) in [5, 5.41) is 2.84. The molecule has 2 amide bonds. The maximum atomic E-state index is 12.4. The summed E-state index contributed by atoms with van der Waals surface area (Å²) in [6.45, 7) is 8.85. The minimum atomic E-state index is -0.715. The van der Waals surface area contributed by atoms with Crippen LogP contribution in [0.25, 0.3) is 0 Å². The second-order valence-electron chi connectivity index (χ2n) is 4.98. The molecule has 1 heterocycles. The Balaban J connectivity index is 2.67. The van der Waals surface area contributed by atoms with Crippen molar-refractivity contribution in [3.05, 3.63) is 0 Å². The number of hydrogen-bond acceptors (Lipinski definition) is 3. The summed E-state index contributed by atoms with van der Waals surface area (Å²) in [5.41, 5.74) is -0.715. The molecule has 0 aromatic rings. The monoisotopic (exact) mass is 256 g/mol. The number of carbonyl (C=O) groups excluding carboxylic acids is 2. The highest BCUT2D eigenvalue weighted by Crippen LogP contribution is 2.21. The minimum Gasteiger partial charge on any atom is -0.377 e. The van der Waals surface area contributed by atoms with Crippen LogP contribution in [-0.4, -0.2) is 48.1 Å². The van der Waals surface area contributed by atoms with Crippen LogP contribution in [0, 0.1) is 0 Å². The van der Waals surface area contributed by atoms with E-state index in [-0.39, 0.29) is 24.5 Å². The summed E-state index contributed by atoms with van der Waals surface area (Å²) in [4.78, 5) is 25.7. The number of piperazine rings is 1. The molecule has 1 aliphatic heterocycles. The molecule has 1 rings (SSSR count). The summed E-state index contributed by atoms with van der Waals surface area (Å²) >= 11 is 0. The van der Waals surface area contributed by atoms with E-state index in [1.165, 1.54) is 0 Å². The van der Waals surface area contributed by atoms with Crippen molar-refractivity contribution >= 4 is 11.8 Å². The molecular formula is C13H24N2O3. The van der Waals surface area contributed by atoms with Crippen molar-refractivity contribution in [1.82, 2.24) is 10.2 Å². The first kappa shape index (κ1) is 15.0. The van der Waals surface area contributed by atoms with Crippen molar-refractivity contribution in [2.45, 2.75) is 52.2 Å². The van der Waals surface area contributed by atoms with Gasteiger partial charge >= 0.3 is 0 Å². The van der Waals surface area contributed by atoms with E-state index in [1.54, 1.807) is 4.90 Å². The maximum Gasteiger partial charge on any atom is 0.248 e. The predicted molar refractivity (Wildman–Crippen MR) is 69.1 cm³/mol. The molecular weight excluding hydrogens is 232 g/mol. The van der Waals surface area contributed by atoms with E-state index in [4.69, 9.17) is 4.74 Å². The van der Waals surface area contributed by atoms with Crippen LogP contribution in [0.4, 0.5) is 0 Å². The van der Waals surface area contributed by atoms with Crippen LogP contribution in [0.5, 0.6) is 0 Å². The molecule has 0 saturated carbocycles. The number of rotatable bonds is 6. The smallest absolute Gasteiger partial charge is 0.248 e. The van der Waals surface area contributed by atoms with Gasteiger partial charge < -0.3 is 15.0 Å². The molecule has 0 bridgehead atoms. The van der Waals surface area contributed by atoms with Crippen LogP contribution in [-0.2, 0) is 14.3 Å². The van der Waals surface area contributed by atoms with Crippen LogP contribution < -0.4 is 5.32 Å². The Kier molecular flexibility index (Phi) is 5.14. The van der Waals surface area contributed by atoms with Gasteiger partial charge in [0, 0.05) is 6.54 Å². The molecule has 18 heavy (non-hydrogen) atoms. The molecule has 1 fully saturated rings. The Labute approximate surface area is 109 Å². The van der Waals surface area contributed by atoms with Crippen molar-refractivity contribution in [3.8, 4) is 0 Å². The fourth-order valence-corrected chi connectivity index (χ4v) is 2.22. The molecule has 0 aromatic heterocycles. The van der Waals surface area contributed by atoms with E-state index < -0.39 is 5.54 Å². The largest absolute Gasteiger partial charge is 0.377 e. The Morgan fingerprint density at radius 1 is 1.33 bits per heavy atom. The second kappa shape index (κ2) is 6.18. The van der Waals surface area contributed by atoms with Crippen LogP contribution in [0.3, 0.4) is 0 Å². The van der Waals surface area contributed by atoms with Gasteiger partial charge in [0.2, 0.25) is 11.8 Å². The highest BCUT2D eigenvalue weighted by atomic mass is 16.5. The Morgan fingerprint density at radius 3 is 2.44 bits per heavy atom. The SMILES string of the molecule is CCC1(CC)NC(=O)CN(CCOC(C)C)C1=O. The van der Waals surface area contributed by atoms with Gasteiger partial charge in [0.05, 0.1) is 19.3 Å². The summed E-state index contributed by atoms with van der Waals surface area (Å²) in [6.07, 6.45) is 1.38. The molecule has 1 aliphatic rings. The fraction of sp³-hybridized carbons (Fsp3) is 0.846. The standard InChI is InChI=1S/C13H24N2O3/c1-5-13(6-2)12(17)15(9-11(16)14-13)7-8-18-10(3)4/h10H,5-9H2,1-4H3,(H,14,16). The zero-order chi connectivity index (χ0) is 13.8. The summed E-state index contributed by atoms with van der Waals surface area (Å²) in [6, 6.07) is 0. The van der Waals surface area contributed by atoms with E-state index in [1.807, 2.05) is 27.7 Å². The van der Waals surface area contributed by atoms with Gasteiger partial charge in [-0.1, -0.05) is 13.8 Å². The number of nitrogens with one attached hydrogen (secondary N) is 1. The number of ether oxygens (including phenoxy) is 1. The predicted octanol–water partition coefficient (Wildman–Crippen LogP) is 0.929. The Bertz CT molecular complexity index is 311. The molecule has 5 nitrogen and oxygen atoms in total. The van der Waals surface area contributed by atoms with Crippen molar-refractivity contribution in [2.24, 2.45) is 0 Å². The van der Waals surface area contributed by atoms with E-state index >= 15 is 0 Å². The average Bonchev–Trinajstić information content (AvgIpc) is 2.32. The number of hydrogen-bond donors (Lipinski definition) is 1. The number of amides is 2. The molecule has 0 spiro atoms. The van der Waals surface area contributed by atoms with Gasteiger partial charge in [-0.25, -0.2) is 0 Å². The molecule has 0 aromatic carbocycles. The zero-order valence-electron chi connectivity index (χ0n) is 11.8. The van der Waals surface area contributed by atoms with Crippen molar-refractivity contribution in [2.75, 3.05) is 19.7 Å². The lowest BCUT2D eigenvalue weighted by Crippen LogP contribution is -2.66. The topological polar surface area (TPSA) is 58.6 Å². The lowest BCUT2D eigenvalue weighted by atomic mass is 9.89. The average molecular weight is 256 g/mol. The molecule has 1 saturated heterocycles. The summed E-state index contributed by atoms with van der Waals surface area (Å²) in [5.74, 6) is -0.0673. The lowest BCUT2D eigenvalue weighted by molar-refractivity contribution is -0.151. The van der Waals surface area contributed by atoms with E-state index in [0.29, 0.717) is 26.0 Å². The molecule has 5 heteroatoms. The fourth-order valence-electron chi connectivity index (χ4n) is 2.22. The van der Waals surface area contributed by atoms with Gasteiger partial charge in [0.25, 0.3) is 0 Å². The first-order valence-electron chi connectivity index (χ1n) is 6.67. The van der Waals surface area contributed by atoms with Crippen molar-refractivity contribution in [3.63, 3.8) is 0 Å². The van der Waals surface area contributed by atoms with Crippen LogP contribution in [0.2, 0.25) is 0 Å². The van der Waals surface area contributed by atoms with Crippen molar-refractivity contribution < 1.29 is 14.3 Å². The van der Waals surface area contributed by atoms with Crippen LogP contribution in [0.1, 0.15) is 40.5 Å². The molecule has 0 atom stereocenters. The summed E-state index contributed by atoms with van der Waals surface area (Å²) < 4.78 is 5.44. The van der Waals surface area contributed by atoms with Gasteiger partial charge in [0.15, 0.2) is 0 Å². The Hall–Kier alpha value is -1.10. The molecule has 104 valence electrons. The van der Waals surface area contributed by atoms with E-state index in [9.17, 15) is 9.59 Å². The van der Waals surface area contributed by atoms with E-state index in [0.717, 1.165) is 0 Å². The third-order valence-corrected chi connectivity index (χ3v) is 3.43. The van der Waals surface area contributed by atoms with Crippen molar-refractivity contribution in [1.29, 1.82) is 0 Å². The normalized spacial score (nSPS) is 19.3. The second-order valence-corrected chi connectivity index (χ2v) is 4.98. The minimum absolute atomic E-state index is 0.0134. The third kappa shape index (κ3) is 3.22. The van der Waals surface area contributed by atoms with Gasteiger partial charge in [-0.05, 0) is 26.7 Å². The highest BCUT2D eigenvalue weighted by Gasteiger charge is 2.43. The molecule has 0 radical (unpaired) electrons. The van der Waals surface area contributed by atoms with Gasteiger partial charge in [-0.15, -0.1) is 0 Å². The van der Waals surface area contributed by atoms with Crippen LogP contribution >= 0.6 is 0 Å². The van der Waals surface area contributed by atoms with Gasteiger partial charge in [0.1, 0.15) is 5.54 Å². The highest BCUT2D eigenvalue weighted by molar-refractivity contribution is 5.97. The first-order chi connectivity index (χ1) is 8.45. The first-order valence-corrected chi connectivity index (χ1v) is 6.67.